The molecule has 0 saturated heterocycles. The molecule has 0 aliphatic rings. The molecular weight excluding hydrogens is 303 g/mol. The van der Waals surface area contributed by atoms with E-state index in [0.717, 1.165) is 0 Å². The average Bonchev–Trinajstić information content (AvgIpc) is 2.40. The van der Waals surface area contributed by atoms with E-state index in [2.05, 4.69) is 4.98 Å². The van der Waals surface area contributed by atoms with Crippen LogP contribution in [0, 0.1) is 0 Å². The van der Waals surface area contributed by atoms with Crippen LogP contribution in [-0.4, -0.2) is 41.5 Å². The molecule has 0 spiro atoms. The van der Waals surface area contributed by atoms with E-state index in [-0.39, 0.29) is 34.8 Å². The molecule has 110 valence electrons. The summed E-state index contributed by atoms with van der Waals surface area (Å²) in [6.45, 7) is 4.20. The van der Waals surface area contributed by atoms with E-state index in [1.807, 2.05) is 6.92 Å². The molecule has 0 aliphatic carbocycles. The van der Waals surface area contributed by atoms with Crippen LogP contribution in [0.5, 0.6) is 0 Å². The van der Waals surface area contributed by atoms with Gasteiger partial charge in [-0.25, -0.2) is 4.98 Å². The highest BCUT2D eigenvalue weighted by Crippen LogP contribution is 2.20. The number of esters is 1. The maximum absolute atomic E-state index is 12.4. The molecule has 0 unspecified atom stereocenters. The van der Waals surface area contributed by atoms with Gasteiger partial charge in [0.25, 0.3) is 5.91 Å². The van der Waals surface area contributed by atoms with Crippen molar-refractivity contribution in [1.82, 2.24) is 9.88 Å². The van der Waals surface area contributed by atoms with Crippen molar-refractivity contribution in [2.45, 2.75) is 20.3 Å². The maximum Gasteiger partial charge on any atom is 0.325 e. The van der Waals surface area contributed by atoms with Crippen molar-refractivity contribution >= 4 is 35.1 Å². The molecule has 5 nitrogen and oxygen atoms in total. The van der Waals surface area contributed by atoms with Crippen LogP contribution < -0.4 is 0 Å². The summed E-state index contributed by atoms with van der Waals surface area (Å²) in [5, 5.41) is 0.370. The third-order valence-electron chi connectivity index (χ3n) is 2.46. The Balaban J connectivity index is 2.93. The molecule has 20 heavy (non-hydrogen) atoms. The first-order chi connectivity index (χ1) is 9.49. The first kappa shape index (κ1) is 16.7. The van der Waals surface area contributed by atoms with Crippen molar-refractivity contribution in [3.63, 3.8) is 0 Å². The molecule has 1 amide bonds. The van der Waals surface area contributed by atoms with Gasteiger partial charge < -0.3 is 9.64 Å². The van der Waals surface area contributed by atoms with Gasteiger partial charge in [-0.1, -0.05) is 30.1 Å². The number of ether oxygens (including phenoxy) is 1. The summed E-state index contributed by atoms with van der Waals surface area (Å²) in [6.07, 6.45) is 2.02. The van der Waals surface area contributed by atoms with Gasteiger partial charge in [-0.05, 0) is 19.4 Å². The first-order valence-electron chi connectivity index (χ1n) is 6.25. The smallest absolute Gasteiger partial charge is 0.325 e. The van der Waals surface area contributed by atoms with Gasteiger partial charge in [0, 0.05) is 12.7 Å². The Bertz CT molecular complexity index is 495. The predicted octanol–water partition coefficient (Wildman–Crippen LogP) is 2.80. The highest BCUT2D eigenvalue weighted by molar-refractivity contribution is 6.35. The van der Waals surface area contributed by atoms with Gasteiger partial charge in [-0.3, -0.25) is 9.59 Å². The highest BCUT2D eigenvalue weighted by atomic mass is 35.5. The van der Waals surface area contributed by atoms with E-state index in [4.69, 9.17) is 27.9 Å². The SMILES string of the molecule is CCCN(CC(=O)OCC)C(=O)c1cc(Cl)ncc1Cl. The summed E-state index contributed by atoms with van der Waals surface area (Å²) in [5.41, 5.74) is 0.226. The molecule has 0 aromatic carbocycles. The molecule has 0 fully saturated rings. The minimum absolute atomic E-state index is 0.114. The molecule has 0 bridgehead atoms. The molecule has 1 aromatic rings. The predicted molar refractivity (Wildman–Crippen MR) is 77.1 cm³/mol. The fraction of sp³-hybridized carbons (Fsp3) is 0.462. The van der Waals surface area contributed by atoms with Gasteiger partial charge >= 0.3 is 5.97 Å². The quantitative estimate of drug-likeness (QED) is 0.597. The number of halogens is 2. The lowest BCUT2D eigenvalue weighted by Gasteiger charge is -2.21. The van der Waals surface area contributed by atoms with Crippen molar-refractivity contribution in [2.75, 3.05) is 19.7 Å². The molecule has 0 N–H and O–H groups in total. The molecule has 1 heterocycles. The van der Waals surface area contributed by atoms with Crippen LogP contribution in [0.1, 0.15) is 30.6 Å². The summed E-state index contributed by atoms with van der Waals surface area (Å²) < 4.78 is 4.85. The average molecular weight is 319 g/mol. The van der Waals surface area contributed by atoms with Crippen LogP contribution >= 0.6 is 23.2 Å². The minimum Gasteiger partial charge on any atom is -0.465 e. The number of carbonyl (C=O) groups is 2. The van der Waals surface area contributed by atoms with Crippen molar-refractivity contribution in [3.05, 3.63) is 28.0 Å². The van der Waals surface area contributed by atoms with Gasteiger partial charge in [0.1, 0.15) is 11.7 Å². The Morgan fingerprint density at radius 1 is 1.35 bits per heavy atom. The summed E-state index contributed by atoms with van der Waals surface area (Å²) in [6, 6.07) is 1.39. The third kappa shape index (κ3) is 4.65. The number of hydrogen-bond donors (Lipinski definition) is 0. The van der Waals surface area contributed by atoms with E-state index in [1.54, 1.807) is 6.92 Å². The standard InChI is InChI=1S/C13H16Cl2N2O3/c1-3-5-17(8-12(18)20-4-2)13(19)9-6-11(15)16-7-10(9)14/h6-7H,3-5,8H2,1-2H3. The zero-order valence-electron chi connectivity index (χ0n) is 11.4. The van der Waals surface area contributed by atoms with E-state index in [0.29, 0.717) is 13.0 Å². The van der Waals surface area contributed by atoms with Crippen LogP contribution in [0.15, 0.2) is 12.3 Å². The number of pyridine rings is 1. The van der Waals surface area contributed by atoms with Gasteiger partial charge in [-0.15, -0.1) is 0 Å². The second-order valence-corrected chi connectivity index (χ2v) is 4.81. The van der Waals surface area contributed by atoms with Crippen LogP contribution in [-0.2, 0) is 9.53 Å². The number of rotatable bonds is 6. The second kappa shape index (κ2) is 8.07. The lowest BCUT2D eigenvalue weighted by Crippen LogP contribution is -2.37. The fourth-order valence-corrected chi connectivity index (χ4v) is 1.97. The van der Waals surface area contributed by atoms with Gasteiger partial charge in [0.05, 0.1) is 17.2 Å². The fourth-order valence-electron chi connectivity index (χ4n) is 1.63. The maximum atomic E-state index is 12.4. The summed E-state index contributed by atoms with van der Waals surface area (Å²) in [5.74, 6) is -0.820. The van der Waals surface area contributed by atoms with Crippen molar-refractivity contribution in [1.29, 1.82) is 0 Å². The number of hydrogen-bond acceptors (Lipinski definition) is 4. The van der Waals surface area contributed by atoms with E-state index in [1.165, 1.54) is 17.2 Å². The normalized spacial score (nSPS) is 10.2. The molecule has 0 saturated carbocycles. The Hall–Kier alpha value is -1.33. The van der Waals surface area contributed by atoms with E-state index < -0.39 is 5.97 Å². The van der Waals surface area contributed by atoms with Crippen molar-refractivity contribution < 1.29 is 14.3 Å². The molecule has 1 aromatic heterocycles. The lowest BCUT2D eigenvalue weighted by atomic mass is 10.2. The number of amides is 1. The van der Waals surface area contributed by atoms with Crippen molar-refractivity contribution in [3.8, 4) is 0 Å². The van der Waals surface area contributed by atoms with Crippen LogP contribution in [0.3, 0.4) is 0 Å². The van der Waals surface area contributed by atoms with Crippen LogP contribution in [0.25, 0.3) is 0 Å². The monoisotopic (exact) mass is 318 g/mol. The topological polar surface area (TPSA) is 59.5 Å². The molecule has 0 radical (unpaired) electrons. The minimum atomic E-state index is -0.453. The lowest BCUT2D eigenvalue weighted by molar-refractivity contribution is -0.143. The number of nitrogens with zero attached hydrogens (tertiary/aromatic N) is 2. The highest BCUT2D eigenvalue weighted by Gasteiger charge is 2.21. The largest absolute Gasteiger partial charge is 0.465 e. The molecule has 1 rings (SSSR count). The molecule has 0 atom stereocenters. The van der Waals surface area contributed by atoms with Gasteiger partial charge in [-0.2, -0.15) is 0 Å². The molecule has 0 aliphatic heterocycles. The molecular formula is C13H16Cl2N2O3. The summed E-state index contributed by atoms with van der Waals surface area (Å²) >= 11 is 11.7. The first-order valence-corrected chi connectivity index (χ1v) is 7.01. The van der Waals surface area contributed by atoms with Crippen molar-refractivity contribution in [2.24, 2.45) is 0 Å². The zero-order chi connectivity index (χ0) is 15.1. The summed E-state index contributed by atoms with van der Waals surface area (Å²) in [7, 11) is 0. The Kier molecular flexibility index (Phi) is 6.75. The molecule has 7 heteroatoms. The second-order valence-electron chi connectivity index (χ2n) is 4.02. The Morgan fingerprint density at radius 3 is 2.65 bits per heavy atom. The summed E-state index contributed by atoms with van der Waals surface area (Å²) in [4.78, 5) is 29.1. The number of carbonyl (C=O) groups excluding carboxylic acids is 2. The van der Waals surface area contributed by atoms with Crippen LogP contribution in [0.2, 0.25) is 10.2 Å². The van der Waals surface area contributed by atoms with Gasteiger partial charge in [0.15, 0.2) is 0 Å². The number of aromatic nitrogens is 1. The zero-order valence-corrected chi connectivity index (χ0v) is 12.9. The third-order valence-corrected chi connectivity index (χ3v) is 2.97. The Morgan fingerprint density at radius 2 is 2.05 bits per heavy atom. The van der Waals surface area contributed by atoms with E-state index in [9.17, 15) is 9.59 Å². The Labute approximate surface area is 127 Å². The van der Waals surface area contributed by atoms with E-state index >= 15 is 0 Å². The van der Waals surface area contributed by atoms with Gasteiger partial charge in [0.2, 0.25) is 0 Å². The van der Waals surface area contributed by atoms with Crippen LogP contribution in [0.4, 0.5) is 0 Å².